The SMILES string of the molecule is CCN(CCC(C)(C#N)NC1CC1)c1ccccc1F. The smallest absolute Gasteiger partial charge is 0.146 e. The van der Waals surface area contributed by atoms with Crippen LogP contribution in [0.5, 0.6) is 0 Å². The molecule has 4 heteroatoms. The molecule has 3 nitrogen and oxygen atoms in total. The number of halogens is 1. The number of nitrogens with zero attached hydrogens (tertiary/aromatic N) is 2. The molecule has 1 fully saturated rings. The topological polar surface area (TPSA) is 39.1 Å². The summed E-state index contributed by atoms with van der Waals surface area (Å²) in [5, 5.41) is 12.7. The summed E-state index contributed by atoms with van der Waals surface area (Å²) < 4.78 is 13.8. The highest BCUT2D eigenvalue weighted by Crippen LogP contribution is 2.25. The molecule has 0 aliphatic heterocycles. The van der Waals surface area contributed by atoms with E-state index in [-0.39, 0.29) is 5.82 Å². The van der Waals surface area contributed by atoms with Gasteiger partial charge in [-0.1, -0.05) is 12.1 Å². The molecule has 1 unspecified atom stereocenters. The molecule has 0 aromatic heterocycles. The molecule has 1 saturated carbocycles. The second-order valence-corrected chi connectivity index (χ2v) is 5.64. The first-order valence-corrected chi connectivity index (χ1v) is 7.26. The van der Waals surface area contributed by atoms with E-state index in [4.69, 9.17) is 0 Å². The first-order chi connectivity index (χ1) is 9.58. The van der Waals surface area contributed by atoms with Crippen LogP contribution in [0.2, 0.25) is 0 Å². The summed E-state index contributed by atoms with van der Waals surface area (Å²) in [5.74, 6) is -0.205. The first-order valence-electron chi connectivity index (χ1n) is 7.26. The average molecular weight is 275 g/mol. The summed E-state index contributed by atoms with van der Waals surface area (Å²) in [5.41, 5.74) is 0.0848. The molecule has 0 radical (unpaired) electrons. The van der Waals surface area contributed by atoms with Crippen molar-refractivity contribution in [3.63, 3.8) is 0 Å². The molecule has 20 heavy (non-hydrogen) atoms. The highest BCUT2D eigenvalue weighted by atomic mass is 19.1. The van der Waals surface area contributed by atoms with Gasteiger partial charge in [0.05, 0.1) is 11.8 Å². The largest absolute Gasteiger partial charge is 0.369 e. The van der Waals surface area contributed by atoms with Gasteiger partial charge in [0.25, 0.3) is 0 Å². The molecule has 0 bridgehead atoms. The second-order valence-electron chi connectivity index (χ2n) is 5.64. The predicted molar refractivity (Wildman–Crippen MR) is 79.1 cm³/mol. The van der Waals surface area contributed by atoms with Crippen molar-refractivity contribution < 1.29 is 4.39 Å². The van der Waals surface area contributed by atoms with E-state index in [2.05, 4.69) is 11.4 Å². The van der Waals surface area contributed by atoms with Crippen LogP contribution < -0.4 is 10.2 Å². The number of nitrogens with one attached hydrogen (secondary N) is 1. The number of para-hydroxylation sites is 1. The van der Waals surface area contributed by atoms with Crippen LogP contribution >= 0.6 is 0 Å². The van der Waals surface area contributed by atoms with Crippen LogP contribution in [0.15, 0.2) is 24.3 Å². The number of hydrogen-bond acceptors (Lipinski definition) is 3. The van der Waals surface area contributed by atoms with Gasteiger partial charge in [0.15, 0.2) is 0 Å². The molecule has 1 atom stereocenters. The van der Waals surface area contributed by atoms with Crippen molar-refractivity contribution in [2.24, 2.45) is 0 Å². The fraction of sp³-hybridized carbons (Fsp3) is 0.562. The van der Waals surface area contributed by atoms with Gasteiger partial charge in [-0.15, -0.1) is 0 Å². The highest BCUT2D eigenvalue weighted by molar-refractivity contribution is 5.47. The van der Waals surface area contributed by atoms with Crippen LogP contribution in [0.1, 0.15) is 33.1 Å². The van der Waals surface area contributed by atoms with Gasteiger partial charge in [-0.25, -0.2) is 4.39 Å². The molecule has 1 N–H and O–H groups in total. The third-order valence-electron chi connectivity index (χ3n) is 3.80. The molecule has 0 saturated heterocycles. The summed E-state index contributed by atoms with van der Waals surface area (Å²) in [6.07, 6.45) is 2.99. The maximum absolute atomic E-state index is 13.8. The average Bonchev–Trinajstić information content (AvgIpc) is 3.25. The number of rotatable bonds is 7. The zero-order valence-corrected chi connectivity index (χ0v) is 12.2. The van der Waals surface area contributed by atoms with E-state index in [9.17, 15) is 9.65 Å². The molecule has 2 rings (SSSR count). The second kappa shape index (κ2) is 6.23. The van der Waals surface area contributed by atoms with Gasteiger partial charge in [-0.2, -0.15) is 5.26 Å². The molecule has 1 aliphatic carbocycles. The molecule has 0 amide bonds. The predicted octanol–water partition coefficient (Wildman–Crippen LogP) is 3.08. The number of nitriles is 1. The molecular weight excluding hydrogens is 253 g/mol. The molecule has 0 spiro atoms. The summed E-state index contributed by atoms with van der Waals surface area (Å²) in [4.78, 5) is 1.99. The van der Waals surface area contributed by atoms with Crippen molar-refractivity contribution in [3.8, 4) is 6.07 Å². The standard InChI is InChI=1S/C16H22FN3/c1-3-20(15-7-5-4-6-14(15)17)11-10-16(2,12-18)19-13-8-9-13/h4-7,13,19H,3,8-11H2,1-2H3. The molecule has 1 aliphatic rings. The van der Waals surface area contributed by atoms with Crippen molar-refractivity contribution in [1.82, 2.24) is 5.32 Å². The van der Waals surface area contributed by atoms with Crippen molar-refractivity contribution in [3.05, 3.63) is 30.1 Å². The minimum Gasteiger partial charge on any atom is -0.369 e. The van der Waals surface area contributed by atoms with E-state index in [0.717, 1.165) is 19.4 Å². The van der Waals surface area contributed by atoms with Crippen LogP contribution in [0.4, 0.5) is 10.1 Å². The van der Waals surface area contributed by atoms with E-state index in [0.29, 0.717) is 24.7 Å². The fourth-order valence-electron chi connectivity index (χ4n) is 2.35. The molecule has 1 aromatic carbocycles. The van der Waals surface area contributed by atoms with Crippen LogP contribution in [0.25, 0.3) is 0 Å². The number of benzene rings is 1. The maximum atomic E-state index is 13.8. The van der Waals surface area contributed by atoms with Crippen LogP contribution in [-0.4, -0.2) is 24.7 Å². The minimum atomic E-state index is -0.528. The van der Waals surface area contributed by atoms with Crippen molar-refractivity contribution in [2.45, 2.75) is 44.7 Å². The number of anilines is 1. The van der Waals surface area contributed by atoms with Crippen molar-refractivity contribution >= 4 is 5.69 Å². The van der Waals surface area contributed by atoms with E-state index in [1.807, 2.05) is 24.8 Å². The summed E-state index contributed by atoms with van der Waals surface area (Å²) in [6.45, 7) is 5.33. The van der Waals surface area contributed by atoms with Crippen molar-refractivity contribution in [1.29, 1.82) is 5.26 Å². The lowest BCUT2D eigenvalue weighted by atomic mass is 9.99. The highest BCUT2D eigenvalue weighted by Gasteiger charge is 2.32. The lowest BCUT2D eigenvalue weighted by molar-refractivity contribution is 0.414. The normalized spacial score (nSPS) is 17.3. The van der Waals surface area contributed by atoms with Gasteiger partial charge in [-0.3, -0.25) is 5.32 Å². The Morgan fingerprint density at radius 1 is 1.45 bits per heavy atom. The Balaban J connectivity index is 1.99. The minimum absolute atomic E-state index is 0.205. The molecule has 1 aromatic rings. The monoisotopic (exact) mass is 275 g/mol. The Kier molecular flexibility index (Phi) is 4.61. The van der Waals surface area contributed by atoms with E-state index in [1.165, 1.54) is 6.07 Å². The fourth-order valence-corrected chi connectivity index (χ4v) is 2.35. The van der Waals surface area contributed by atoms with Crippen LogP contribution in [-0.2, 0) is 0 Å². The van der Waals surface area contributed by atoms with Gasteiger partial charge in [0, 0.05) is 19.1 Å². The zero-order chi connectivity index (χ0) is 14.6. The Morgan fingerprint density at radius 3 is 2.70 bits per heavy atom. The Labute approximate surface area is 120 Å². The third-order valence-corrected chi connectivity index (χ3v) is 3.80. The quantitative estimate of drug-likeness (QED) is 0.831. The lowest BCUT2D eigenvalue weighted by Crippen LogP contribution is -2.45. The van der Waals surface area contributed by atoms with E-state index in [1.54, 1.807) is 12.1 Å². The summed E-state index contributed by atoms with van der Waals surface area (Å²) in [7, 11) is 0. The lowest BCUT2D eigenvalue weighted by Gasteiger charge is -2.29. The third kappa shape index (κ3) is 3.71. The van der Waals surface area contributed by atoms with Gasteiger partial charge in [0.2, 0.25) is 0 Å². The maximum Gasteiger partial charge on any atom is 0.146 e. The molecule has 0 heterocycles. The Hall–Kier alpha value is -1.60. The Bertz CT molecular complexity index is 493. The Morgan fingerprint density at radius 2 is 2.15 bits per heavy atom. The van der Waals surface area contributed by atoms with Crippen LogP contribution in [0.3, 0.4) is 0 Å². The van der Waals surface area contributed by atoms with Crippen LogP contribution in [0, 0.1) is 17.1 Å². The van der Waals surface area contributed by atoms with Crippen molar-refractivity contribution in [2.75, 3.05) is 18.0 Å². The van der Waals surface area contributed by atoms with Gasteiger partial charge in [-0.05, 0) is 45.2 Å². The van der Waals surface area contributed by atoms with E-state index < -0.39 is 5.54 Å². The van der Waals surface area contributed by atoms with Gasteiger partial charge < -0.3 is 4.90 Å². The van der Waals surface area contributed by atoms with Gasteiger partial charge in [0.1, 0.15) is 11.4 Å². The first kappa shape index (κ1) is 14.8. The molecular formula is C16H22FN3. The zero-order valence-electron chi connectivity index (χ0n) is 12.2. The van der Waals surface area contributed by atoms with Gasteiger partial charge >= 0.3 is 0 Å². The summed E-state index contributed by atoms with van der Waals surface area (Å²) >= 11 is 0. The summed E-state index contributed by atoms with van der Waals surface area (Å²) in [6, 6.07) is 9.65. The van der Waals surface area contributed by atoms with E-state index >= 15 is 0 Å². The number of hydrogen-bond donors (Lipinski definition) is 1. The molecule has 108 valence electrons.